The largest absolute Gasteiger partial charge is 0.0843 e. The standard InChI is InChI=1S/C13H15Cl/c1-2-3-4-10-5-6-11-7-8-12(14)9-13(10)11/h5-10H,2-4H2,1H3. The molecule has 0 heterocycles. The fraction of sp³-hybridized carbons (Fsp3) is 0.385. The molecule has 0 saturated carbocycles. The molecule has 0 nitrogen and oxygen atoms in total. The van der Waals surface area contributed by atoms with Crippen molar-refractivity contribution in [1.82, 2.24) is 0 Å². The van der Waals surface area contributed by atoms with Crippen molar-refractivity contribution < 1.29 is 0 Å². The van der Waals surface area contributed by atoms with E-state index in [0.717, 1.165) is 5.02 Å². The van der Waals surface area contributed by atoms with Crippen molar-refractivity contribution in [3.8, 4) is 0 Å². The second kappa shape index (κ2) is 4.18. The monoisotopic (exact) mass is 206 g/mol. The maximum absolute atomic E-state index is 5.99. The molecule has 74 valence electrons. The Labute approximate surface area is 90.6 Å². The minimum absolute atomic E-state index is 0.601. The van der Waals surface area contributed by atoms with Gasteiger partial charge in [0, 0.05) is 10.9 Å². The molecule has 1 atom stereocenters. The number of hydrogen-bond acceptors (Lipinski definition) is 0. The predicted octanol–water partition coefficient (Wildman–Crippen LogP) is 4.64. The fourth-order valence-electron chi connectivity index (χ4n) is 2.02. The van der Waals surface area contributed by atoms with Crippen LogP contribution in [0.4, 0.5) is 0 Å². The molecule has 2 rings (SSSR count). The van der Waals surface area contributed by atoms with E-state index in [1.165, 1.54) is 30.4 Å². The number of rotatable bonds is 3. The highest BCUT2D eigenvalue weighted by Gasteiger charge is 2.16. The van der Waals surface area contributed by atoms with E-state index in [-0.39, 0.29) is 0 Å². The van der Waals surface area contributed by atoms with E-state index in [2.05, 4.69) is 31.2 Å². The Bertz CT molecular complexity index is 352. The molecular weight excluding hydrogens is 192 g/mol. The number of unbranched alkanes of at least 4 members (excludes halogenated alkanes) is 1. The number of halogens is 1. The van der Waals surface area contributed by atoms with Crippen LogP contribution in [0.3, 0.4) is 0 Å². The highest BCUT2D eigenvalue weighted by molar-refractivity contribution is 6.30. The zero-order chi connectivity index (χ0) is 9.97. The van der Waals surface area contributed by atoms with Crippen molar-refractivity contribution in [2.24, 2.45) is 0 Å². The Kier molecular flexibility index (Phi) is 2.93. The first-order valence-corrected chi connectivity index (χ1v) is 5.66. The Morgan fingerprint density at radius 2 is 2.21 bits per heavy atom. The molecule has 1 aliphatic carbocycles. The third kappa shape index (κ3) is 1.85. The van der Waals surface area contributed by atoms with Gasteiger partial charge in [0.1, 0.15) is 0 Å². The van der Waals surface area contributed by atoms with Crippen LogP contribution in [0.25, 0.3) is 6.08 Å². The summed E-state index contributed by atoms with van der Waals surface area (Å²) in [7, 11) is 0. The summed E-state index contributed by atoms with van der Waals surface area (Å²) in [6.45, 7) is 2.23. The van der Waals surface area contributed by atoms with Crippen LogP contribution in [0.2, 0.25) is 5.02 Å². The molecule has 1 heteroatoms. The summed E-state index contributed by atoms with van der Waals surface area (Å²) in [5.41, 5.74) is 2.75. The van der Waals surface area contributed by atoms with Crippen LogP contribution in [-0.4, -0.2) is 0 Å². The van der Waals surface area contributed by atoms with E-state index in [1.807, 2.05) is 6.07 Å². The first-order chi connectivity index (χ1) is 6.81. The van der Waals surface area contributed by atoms with E-state index in [4.69, 9.17) is 11.6 Å². The predicted molar refractivity (Wildman–Crippen MR) is 62.8 cm³/mol. The van der Waals surface area contributed by atoms with Crippen molar-refractivity contribution in [1.29, 1.82) is 0 Å². The van der Waals surface area contributed by atoms with E-state index in [1.54, 1.807) is 0 Å². The van der Waals surface area contributed by atoms with Gasteiger partial charge >= 0.3 is 0 Å². The minimum atomic E-state index is 0.601. The van der Waals surface area contributed by atoms with Crippen molar-refractivity contribution in [3.05, 3.63) is 40.4 Å². The lowest BCUT2D eigenvalue weighted by Crippen LogP contribution is -1.92. The molecule has 0 aliphatic heterocycles. The highest BCUT2D eigenvalue weighted by atomic mass is 35.5. The molecule has 14 heavy (non-hydrogen) atoms. The van der Waals surface area contributed by atoms with Crippen LogP contribution in [0.15, 0.2) is 24.3 Å². The van der Waals surface area contributed by atoms with E-state index in [0.29, 0.717) is 5.92 Å². The summed E-state index contributed by atoms with van der Waals surface area (Å²) < 4.78 is 0. The lowest BCUT2D eigenvalue weighted by Gasteiger charge is -2.10. The first kappa shape index (κ1) is 9.79. The summed E-state index contributed by atoms with van der Waals surface area (Å²) in [6.07, 6.45) is 8.32. The van der Waals surface area contributed by atoms with Gasteiger partial charge in [-0.2, -0.15) is 0 Å². The van der Waals surface area contributed by atoms with Crippen LogP contribution in [0.5, 0.6) is 0 Å². The topological polar surface area (TPSA) is 0 Å². The SMILES string of the molecule is CCCCC1C=Cc2ccc(Cl)cc21. The molecule has 1 aliphatic rings. The number of hydrogen-bond donors (Lipinski definition) is 0. The zero-order valence-electron chi connectivity index (χ0n) is 8.46. The average Bonchev–Trinajstić information content (AvgIpc) is 2.57. The van der Waals surface area contributed by atoms with Gasteiger partial charge in [0.15, 0.2) is 0 Å². The van der Waals surface area contributed by atoms with Gasteiger partial charge < -0.3 is 0 Å². The molecule has 1 unspecified atom stereocenters. The second-order valence-corrected chi connectivity index (χ2v) is 4.32. The average molecular weight is 207 g/mol. The van der Waals surface area contributed by atoms with Gasteiger partial charge in [-0.25, -0.2) is 0 Å². The van der Waals surface area contributed by atoms with Crippen molar-refractivity contribution in [3.63, 3.8) is 0 Å². The van der Waals surface area contributed by atoms with Crippen molar-refractivity contribution >= 4 is 17.7 Å². The molecule has 0 saturated heterocycles. The normalized spacial score (nSPS) is 18.6. The van der Waals surface area contributed by atoms with E-state index >= 15 is 0 Å². The Morgan fingerprint density at radius 1 is 1.36 bits per heavy atom. The van der Waals surface area contributed by atoms with Crippen LogP contribution in [-0.2, 0) is 0 Å². The summed E-state index contributed by atoms with van der Waals surface area (Å²) >= 11 is 5.99. The van der Waals surface area contributed by atoms with Gasteiger partial charge in [-0.15, -0.1) is 0 Å². The molecule has 0 spiro atoms. The van der Waals surface area contributed by atoms with Crippen LogP contribution in [0.1, 0.15) is 43.2 Å². The van der Waals surface area contributed by atoms with Gasteiger partial charge in [-0.05, 0) is 29.7 Å². The quantitative estimate of drug-likeness (QED) is 0.676. The Balaban J connectivity index is 2.20. The molecule has 1 aromatic rings. The van der Waals surface area contributed by atoms with Gasteiger partial charge in [0.2, 0.25) is 0 Å². The molecule has 0 N–H and O–H groups in total. The Hall–Kier alpha value is -0.750. The number of benzene rings is 1. The second-order valence-electron chi connectivity index (χ2n) is 3.88. The molecule has 0 amide bonds. The van der Waals surface area contributed by atoms with E-state index in [9.17, 15) is 0 Å². The lowest BCUT2D eigenvalue weighted by molar-refractivity contribution is 0.669. The molecule has 0 bridgehead atoms. The number of fused-ring (bicyclic) bond motifs is 1. The number of allylic oxidation sites excluding steroid dienone is 1. The third-order valence-electron chi connectivity index (χ3n) is 2.83. The molecule has 0 fully saturated rings. The fourth-order valence-corrected chi connectivity index (χ4v) is 2.20. The van der Waals surface area contributed by atoms with Crippen molar-refractivity contribution in [2.45, 2.75) is 32.1 Å². The van der Waals surface area contributed by atoms with Crippen LogP contribution in [0, 0.1) is 0 Å². The highest BCUT2D eigenvalue weighted by Crippen LogP contribution is 2.35. The van der Waals surface area contributed by atoms with E-state index < -0.39 is 0 Å². The summed E-state index contributed by atoms with van der Waals surface area (Å²) in [4.78, 5) is 0. The maximum atomic E-state index is 5.99. The first-order valence-electron chi connectivity index (χ1n) is 5.29. The smallest absolute Gasteiger partial charge is 0.0409 e. The van der Waals surface area contributed by atoms with Gasteiger partial charge in [-0.1, -0.05) is 49.6 Å². The van der Waals surface area contributed by atoms with Gasteiger partial charge in [-0.3, -0.25) is 0 Å². The van der Waals surface area contributed by atoms with Crippen LogP contribution < -0.4 is 0 Å². The summed E-state index contributed by atoms with van der Waals surface area (Å²) in [6, 6.07) is 6.18. The van der Waals surface area contributed by atoms with Crippen molar-refractivity contribution in [2.75, 3.05) is 0 Å². The maximum Gasteiger partial charge on any atom is 0.0409 e. The molecule has 1 aromatic carbocycles. The Morgan fingerprint density at radius 3 is 3.00 bits per heavy atom. The van der Waals surface area contributed by atoms with Gasteiger partial charge in [0.05, 0.1) is 0 Å². The molecular formula is C13H15Cl. The minimum Gasteiger partial charge on any atom is -0.0843 e. The zero-order valence-corrected chi connectivity index (χ0v) is 9.22. The molecule has 0 radical (unpaired) electrons. The molecule has 0 aromatic heterocycles. The third-order valence-corrected chi connectivity index (χ3v) is 3.06. The summed E-state index contributed by atoms with van der Waals surface area (Å²) in [5.74, 6) is 0.601. The van der Waals surface area contributed by atoms with Gasteiger partial charge in [0.25, 0.3) is 0 Å². The lowest BCUT2D eigenvalue weighted by atomic mass is 9.96. The summed E-state index contributed by atoms with van der Waals surface area (Å²) in [5, 5.41) is 0.856. The van der Waals surface area contributed by atoms with Crippen LogP contribution >= 0.6 is 11.6 Å².